The summed E-state index contributed by atoms with van der Waals surface area (Å²) in [4.78, 5) is 19.5. The molecule has 0 aliphatic carbocycles. The van der Waals surface area contributed by atoms with E-state index < -0.39 is 6.10 Å². The summed E-state index contributed by atoms with van der Waals surface area (Å²) in [5.74, 6) is 0.222. The lowest BCUT2D eigenvalue weighted by molar-refractivity contribution is -0.0545. The van der Waals surface area contributed by atoms with Crippen LogP contribution < -0.4 is 4.74 Å². The predicted octanol–water partition coefficient (Wildman–Crippen LogP) is 1.74. The van der Waals surface area contributed by atoms with Gasteiger partial charge in [-0.2, -0.15) is 0 Å². The number of amides is 1. The number of rotatable bonds is 11. The Morgan fingerprint density at radius 2 is 1.78 bits per heavy atom. The predicted molar refractivity (Wildman–Crippen MR) is 134 cm³/mol. The second-order valence-electron chi connectivity index (χ2n) is 9.24. The number of para-hydroxylation sites is 1. The van der Waals surface area contributed by atoms with Gasteiger partial charge < -0.3 is 24.2 Å². The van der Waals surface area contributed by atoms with Gasteiger partial charge in [0.15, 0.2) is 0 Å². The van der Waals surface area contributed by atoms with Crippen LogP contribution in [0.15, 0.2) is 54.6 Å². The number of benzene rings is 2. The first-order chi connectivity index (χ1) is 17.6. The van der Waals surface area contributed by atoms with Gasteiger partial charge in [-0.05, 0) is 36.4 Å². The molecule has 0 bridgehead atoms. The van der Waals surface area contributed by atoms with Crippen molar-refractivity contribution in [2.24, 2.45) is 0 Å². The van der Waals surface area contributed by atoms with Crippen LogP contribution in [0, 0.1) is 5.82 Å². The van der Waals surface area contributed by atoms with Crippen molar-refractivity contribution in [3.8, 4) is 5.75 Å². The largest absolute Gasteiger partial charge is 0.491 e. The van der Waals surface area contributed by atoms with Crippen LogP contribution in [0.1, 0.15) is 10.4 Å². The minimum Gasteiger partial charge on any atom is -0.491 e. The van der Waals surface area contributed by atoms with E-state index in [0.717, 1.165) is 25.4 Å². The van der Waals surface area contributed by atoms with Gasteiger partial charge in [0.2, 0.25) is 0 Å². The van der Waals surface area contributed by atoms with Crippen molar-refractivity contribution in [1.29, 1.82) is 0 Å². The lowest BCUT2D eigenvalue weighted by Gasteiger charge is -2.37. The minimum atomic E-state index is -0.637. The topological polar surface area (TPSA) is 74.7 Å². The van der Waals surface area contributed by atoms with Crippen LogP contribution in [0.4, 0.5) is 4.39 Å². The number of carbonyl (C=O) groups is 1. The smallest absolute Gasteiger partial charge is 0.253 e. The fourth-order valence-corrected chi connectivity index (χ4v) is 4.50. The van der Waals surface area contributed by atoms with Gasteiger partial charge in [0, 0.05) is 57.9 Å². The number of hydrogen-bond donors (Lipinski definition) is 1. The highest BCUT2D eigenvalue weighted by Gasteiger charge is 2.27. The Balaban J connectivity index is 1.32. The lowest BCUT2D eigenvalue weighted by atomic mass is 10.1. The Morgan fingerprint density at radius 1 is 1.06 bits per heavy atom. The first-order valence-electron chi connectivity index (χ1n) is 12.6. The van der Waals surface area contributed by atoms with E-state index in [2.05, 4.69) is 9.80 Å². The number of ether oxygens (including phenoxy) is 3. The van der Waals surface area contributed by atoms with E-state index in [-0.39, 0.29) is 24.4 Å². The molecule has 0 aromatic heterocycles. The molecule has 2 aromatic carbocycles. The Morgan fingerprint density at radius 3 is 2.53 bits per heavy atom. The van der Waals surface area contributed by atoms with Crippen molar-refractivity contribution in [2.75, 3.05) is 78.8 Å². The summed E-state index contributed by atoms with van der Waals surface area (Å²) in [7, 11) is 0. The van der Waals surface area contributed by atoms with Crippen LogP contribution in [-0.4, -0.2) is 117 Å². The van der Waals surface area contributed by atoms with Crippen LogP contribution in [0.2, 0.25) is 0 Å². The molecule has 8 nitrogen and oxygen atoms in total. The number of hydrogen-bond acceptors (Lipinski definition) is 7. The molecule has 1 N–H and O–H groups in total. The molecule has 4 rings (SSSR count). The Bertz CT molecular complexity index is 927. The molecule has 9 heteroatoms. The van der Waals surface area contributed by atoms with E-state index >= 15 is 0 Å². The normalized spacial score (nSPS) is 20.1. The zero-order valence-electron chi connectivity index (χ0n) is 20.6. The van der Waals surface area contributed by atoms with Gasteiger partial charge in [-0.15, -0.1) is 0 Å². The summed E-state index contributed by atoms with van der Waals surface area (Å²) < 4.78 is 30.5. The zero-order chi connectivity index (χ0) is 25.2. The van der Waals surface area contributed by atoms with Crippen molar-refractivity contribution < 1.29 is 28.5 Å². The Labute approximate surface area is 212 Å². The SMILES string of the molecule is O=C(c1ccc(F)cc1)N(CCN1CCOCC1)CC1CN(CC(O)COc2ccccc2)CCO1. The van der Waals surface area contributed by atoms with E-state index in [1.807, 2.05) is 30.3 Å². The first kappa shape index (κ1) is 26.5. The fourth-order valence-electron chi connectivity index (χ4n) is 4.50. The number of aliphatic hydroxyl groups is 1. The molecule has 2 aliphatic rings. The summed E-state index contributed by atoms with van der Waals surface area (Å²) >= 11 is 0. The molecule has 2 unspecified atom stereocenters. The van der Waals surface area contributed by atoms with Crippen molar-refractivity contribution in [2.45, 2.75) is 12.2 Å². The molecule has 1 amide bonds. The van der Waals surface area contributed by atoms with E-state index in [9.17, 15) is 14.3 Å². The summed E-state index contributed by atoms with van der Waals surface area (Å²) in [5.41, 5.74) is 0.458. The summed E-state index contributed by atoms with van der Waals surface area (Å²) in [6.45, 7) is 7.30. The van der Waals surface area contributed by atoms with Crippen LogP contribution in [-0.2, 0) is 9.47 Å². The first-order valence-corrected chi connectivity index (χ1v) is 12.6. The van der Waals surface area contributed by atoms with E-state index in [1.165, 1.54) is 24.3 Å². The van der Waals surface area contributed by atoms with Gasteiger partial charge in [0.05, 0.1) is 25.9 Å². The third-order valence-corrected chi connectivity index (χ3v) is 6.47. The van der Waals surface area contributed by atoms with E-state index in [0.29, 0.717) is 58.1 Å². The molecule has 2 atom stereocenters. The summed E-state index contributed by atoms with van der Waals surface area (Å²) in [5, 5.41) is 10.5. The van der Waals surface area contributed by atoms with E-state index in [1.54, 1.807) is 4.90 Å². The molecule has 0 saturated carbocycles. The second kappa shape index (κ2) is 13.7. The van der Waals surface area contributed by atoms with Crippen LogP contribution in [0.25, 0.3) is 0 Å². The number of carbonyl (C=O) groups excluding carboxylic acids is 1. The molecule has 2 saturated heterocycles. The van der Waals surface area contributed by atoms with E-state index in [4.69, 9.17) is 14.2 Å². The maximum absolute atomic E-state index is 13.4. The van der Waals surface area contributed by atoms with Crippen molar-refractivity contribution >= 4 is 5.91 Å². The third-order valence-electron chi connectivity index (χ3n) is 6.47. The second-order valence-corrected chi connectivity index (χ2v) is 9.24. The van der Waals surface area contributed by atoms with Gasteiger partial charge >= 0.3 is 0 Å². The Hall–Kier alpha value is -2.56. The fraction of sp³-hybridized carbons (Fsp3) is 0.519. The maximum atomic E-state index is 13.4. The molecule has 0 radical (unpaired) electrons. The van der Waals surface area contributed by atoms with Crippen LogP contribution >= 0.6 is 0 Å². The monoisotopic (exact) mass is 501 g/mol. The summed E-state index contributed by atoms with van der Waals surface area (Å²) in [6.07, 6.45) is -0.822. The lowest BCUT2D eigenvalue weighted by Crippen LogP contribution is -2.52. The van der Waals surface area contributed by atoms with Gasteiger partial charge in [-0.25, -0.2) is 4.39 Å². The quantitative estimate of drug-likeness (QED) is 0.503. The van der Waals surface area contributed by atoms with Gasteiger partial charge in [-0.3, -0.25) is 14.6 Å². The van der Waals surface area contributed by atoms with Gasteiger partial charge in [0.25, 0.3) is 5.91 Å². The highest BCUT2D eigenvalue weighted by molar-refractivity contribution is 5.94. The molecule has 2 aliphatic heterocycles. The van der Waals surface area contributed by atoms with Gasteiger partial charge in [0.1, 0.15) is 24.3 Å². The van der Waals surface area contributed by atoms with Crippen LogP contribution in [0.3, 0.4) is 0 Å². The van der Waals surface area contributed by atoms with Crippen LogP contribution in [0.5, 0.6) is 5.75 Å². The van der Waals surface area contributed by atoms with Gasteiger partial charge in [-0.1, -0.05) is 18.2 Å². The number of nitrogens with zero attached hydrogens (tertiary/aromatic N) is 3. The molecule has 196 valence electrons. The zero-order valence-corrected chi connectivity index (χ0v) is 20.6. The number of aliphatic hydroxyl groups excluding tert-OH is 1. The van der Waals surface area contributed by atoms with Crippen molar-refractivity contribution in [3.63, 3.8) is 0 Å². The molecule has 0 spiro atoms. The van der Waals surface area contributed by atoms with Crippen molar-refractivity contribution in [1.82, 2.24) is 14.7 Å². The minimum absolute atomic E-state index is 0.139. The maximum Gasteiger partial charge on any atom is 0.253 e. The van der Waals surface area contributed by atoms with Crippen molar-refractivity contribution in [3.05, 3.63) is 66.0 Å². The molecular formula is C27H36FN3O5. The molecular weight excluding hydrogens is 465 g/mol. The number of halogens is 1. The molecule has 2 heterocycles. The standard InChI is InChI=1S/C27H36FN3O5/c28-23-8-6-22(7-9-23)27(33)31(11-10-29-12-15-34-16-13-29)20-26-19-30(14-17-35-26)18-24(32)21-36-25-4-2-1-3-5-25/h1-9,24,26,32H,10-21H2. The Kier molecular flexibility index (Phi) is 10.1. The molecule has 2 fully saturated rings. The summed E-state index contributed by atoms with van der Waals surface area (Å²) in [6, 6.07) is 15.1. The number of morpholine rings is 2. The molecule has 2 aromatic rings. The average Bonchev–Trinajstić information content (AvgIpc) is 2.91. The highest BCUT2D eigenvalue weighted by Crippen LogP contribution is 2.14. The average molecular weight is 502 g/mol. The third kappa shape index (κ3) is 8.25. The molecule has 36 heavy (non-hydrogen) atoms. The number of β-amino-alcohol motifs (C(OH)–C–C–N with tert-alkyl or cyclic N) is 1. The highest BCUT2D eigenvalue weighted by atomic mass is 19.1.